The Morgan fingerprint density at radius 2 is 1.89 bits per heavy atom. The highest BCUT2D eigenvalue weighted by molar-refractivity contribution is 9.12. The van der Waals surface area contributed by atoms with E-state index in [1.54, 1.807) is 18.2 Å². The third kappa shape index (κ3) is 3.85. The maximum absolute atomic E-state index is 12.2. The largest absolute Gasteiger partial charge is 0.293 e. The standard InChI is InChI=1S/C12H7Br3O2S2/c13-8-3-1-2-4-10(8)19(17)6-9(16)7-5-11(14)18-12(7)15/h1-5H,6H2. The molecule has 0 aliphatic heterocycles. The van der Waals surface area contributed by atoms with Gasteiger partial charge in [-0.05, 0) is 66.0 Å². The molecule has 2 rings (SSSR count). The number of halogens is 3. The maximum Gasteiger partial charge on any atom is 0.177 e. The Hall–Kier alpha value is 0.180. The first-order chi connectivity index (χ1) is 8.99. The van der Waals surface area contributed by atoms with Crippen LogP contribution >= 0.6 is 59.1 Å². The van der Waals surface area contributed by atoms with Crippen molar-refractivity contribution in [3.05, 3.63) is 47.9 Å². The van der Waals surface area contributed by atoms with E-state index in [-0.39, 0.29) is 11.5 Å². The van der Waals surface area contributed by atoms with E-state index in [0.717, 1.165) is 12.0 Å². The Morgan fingerprint density at radius 1 is 1.21 bits per heavy atom. The molecule has 0 amide bonds. The van der Waals surface area contributed by atoms with Crippen LogP contribution in [0.5, 0.6) is 0 Å². The molecule has 1 aromatic carbocycles. The third-order valence-corrected chi connectivity index (χ3v) is 6.97. The van der Waals surface area contributed by atoms with Gasteiger partial charge in [-0.15, -0.1) is 11.3 Å². The average Bonchev–Trinajstić information content (AvgIpc) is 2.69. The summed E-state index contributed by atoms with van der Waals surface area (Å²) in [6, 6.07) is 8.97. The van der Waals surface area contributed by atoms with Crippen LogP contribution in [0.4, 0.5) is 0 Å². The smallest absolute Gasteiger partial charge is 0.177 e. The van der Waals surface area contributed by atoms with Gasteiger partial charge in [0.2, 0.25) is 0 Å². The van der Waals surface area contributed by atoms with Crippen LogP contribution in [0.15, 0.2) is 47.3 Å². The van der Waals surface area contributed by atoms with Gasteiger partial charge in [-0.2, -0.15) is 0 Å². The number of benzene rings is 1. The van der Waals surface area contributed by atoms with Gasteiger partial charge in [0.25, 0.3) is 0 Å². The molecule has 2 aromatic rings. The van der Waals surface area contributed by atoms with E-state index in [4.69, 9.17) is 0 Å². The highest BCUT2D eigenvalue weighted by atomic mass is 79.9. The lowest BCUT2D eigenvalue weighted by Gasteiger charge is -2.03. The van der Waals surface area contributed by atoms with E-state index >= 15 is 0 Å². The molecular weight excluding hydrogens is 480 g/mol. The van der Waals surface area contributed by atoms with Crippen molar-refractivity contribution in [1.82, 2.24) is 0 Å². The first-order valence-electron chi connectivity index (χ1n) is 5.10. The Bertz CT molecular complexity index is 652. The van der Waals surface area contributed by atoms with Crippen molar-refractivity contribution in [2.45, 2.75) is 4.90 Å². The molecule has 2 nitrogen and oxygen atoms in total. The summed E-state index contributed by atoms with van der Waals surface area (Å²) in [5, 5.41) is 0. The normalized spacial score (nSPS) is 12.4. The number of Topliss-reactive ketones (excluding diaryl/α,β-unsaturated/α-hetero) is 1. The van der Waals surface area contributed by atoms with Gasteiger partial charge >= 0.3 is 0 Å². The summed E-state index contributed by atoms with van der Waals surface area (Å²) >= 11 is 11.4. The summed E-state index contributed by atoms with van der Waals surface area (Å²) in [6.07, 6.45) is 0. The first kappa shape index (κ1) is 15.6. The van der Waals surface area contributed by atoms with Gasteiger partial charge < -0.3 is 0 Å². The maximum atomic E-state index is 12.2. The monoisotopic (exact) mass is 484 g/mol. The number of hydrogen-bond acceptors (Lipinski definition) is 3. The number of hydrogen-bond donors (Lipinski definition) is 0. The zero-order valence-electron chi connectivity index (χ0n) is 9.36. The molecule has 0 saturated carbocycles. The summed E-state index contributed by atoms with van der Waals surface area (Å²) in [5.41, 5.74) is 0.567. The second kappa shape index (κ2) is 6.76. The molecule has 0 radical (unpaired) electrons. The number of ketones is 1. The average molecular weight is 487 g/mol. The van der Waals surface area contributed by atoms with Gasteiger partial charge in [-0.1, -0.05) is 12.1 Å². The van der Waals surface area contributed by atoms with Crippen molar-refractivity contribution in [1.29, 1.82) is 0 Å². The van der Waals surface area contributed by atoms with Crippen molar-refractivity contribution in [3.8, 4) is 0 Å². The van der Waals surface area contributed by atoms with E-state index in [1.807, 2.05) is 12.1 Å². The molecule has 19 heavy (non-hydrogen) atoms. The third-order valence-electron chi connectivity index (χ3n) is 2.30. The summed E-state index contributed by atoms with van der Waals surface area (Å²) in [5.74, 6) is -0.160. The molecule has 0 aliphatic carbocycles. The minimum atomic E-state index is -1.35. The van der Waals surface area contributed by atoms with E-state index in [0.29, 0.717) is 10.5 Å². The lowest BCUT2D eigenvalue weighted by Crippen LogP contribution is -2.11. The molecule has 0 aliphatic rings. The van der Waals surface area contributed by atoms with Gasteiger partial charge in [0.05, 0.1) is 29.0 Å². The van der Waals surface area contributed by atoms with Crippen LogP contribution < -0.4 is 0 Å². The topological polar surface area (TPSA) is 34.1 Å². The Balaban J connectivity index is 2.18. The molecule has 1 heterocycles. The van der Waals surface area contributed by atoms with E-state index in [2.05, 4.69) is 47.8 Å². The van der Waals surface area contributed by atoms with Crippen LogP contribution in [0, 0.1) is 0 Å². The van der Waals surface area contributed by atoms with E-state index < -0.39 is 10.8 Å². The molecule has 7 heteroatoms. The highest BCUT2D eigenvalue weighted by Gasteiger charge is 2.18. The van der Waals surface area contributed by atoms with E-state index in [1.165, 1.54) is 11.3 Å². The van der Waals surface area contributed by atoms with Crippen molar-refractivity contribution in [2.24, 2.45) is 0 Å². The fourth-order valence-corrected chi connectivity index (χ4v) is 6.18. The van der Waals surface area contributed by atoms with Crippen LogP contribution in [0.25, 0.3) is 0 Å². The zero-order chi connectivity index (χ0) is 14.0. The number of thiophene rings is 1. The van der Waals surface area contributed by atoms with E-state index in [9.17, 15) is 9.00 Å². The van der Waals surface area contributed by atoms with Gasteiger partial charge in [0.1, 0.15) is 0 Å². The lowest BCUT2D eigenvalue weighted by atomic mass is 10.2. The molecular formula is C12H7Br3O2S2. The SMILES string of the molecule is O=C(CS(=O)c1ccccc1Br)c1cc(Br)sc1Br. The van der Waals surface area contributed by atoms with Crippen molar-refractivity contribution < 1.29 is 9.00 Å². The quantitative estimate of drug-likeness (QED) is 0.568. The lowest BCUT2D eigenvalue weighted by molar-refractivity contribution is 0.102. The zero-order valence-corrected chi connectivity index (χ0v) is 15.8. The van der Waals surface area contributed by atoms with Gasteiger partial charge in [-0.3, -0.25) is 9.00 Å². The fraction of sp³-hybridized carbons (Fsp3) is 0.0833. The second-order valence-corrected chi connectivity index (χ2v) is 9.60. The minimum Gasteiger partial charge on any atom is -0.293 e. The van der Waals surface area contributed by atoms with Crippen LogP contribution in [0.2, 0.25) is 0 Å². The molecule has 0 N–H and O–H groups in total. The van der Waals surface area contributed by atoms with Crippen LogP contribution in [-0.4, -0.2) is 15.7 Å². The van der Waals surface area contributed by atoms with Crippen LogP contribution in [-0.2, 0) is 10.8 Å². The van der Waals surface area contributed by atoms with Crippen molar-refractivity contribution in [3.63, 3.8) is 0 Å². The summed E-state index contributed by atoms with van der Waals surface area (Å²) in [7, 11) is -1.35. The predicted octanol–water partition coefficient (Wildman–Crippen LogP) is 5.03. The molecule has 0 spiro atoms. The Labute approximate surface area is 142 Å². The van der Waals surface area contributed by atoms with Gasteiger partial charge in [0, 0.05) is 10.0 Å². The number of carbonyl (C=O) groups is 1. The number of rotatable bonds is 4. The first-order valence-corrected chi connectivity index (χ1v) is 9.61. The summed E-state index contributed by atoms with van der Waals surface area (Å²) in [4.78, 5) is 12.8. The molecule has 0 bridgehead atoms. The van der Waals surface area contributed by atoms with Gasteiger partial charge in [0.15, 0.2) is 5.78 Å². The predicted molar refractivity (Wildman–Crippen MR) is 89.5 cm³/mol. The van der Waals surface area contributed by atoms with Gasteiger partial charge in [-0.25, -0.2) is 0 Å². The fourth-order valence-electron chi connectivity index (χ4n) is 1.43. The summed E-state index contributed by atoms with van der Waals surface area (Å²) in [6.45, 7) is 0. The van der Waals surface area contributed by atoms with Crippen molar-refractivity contribution in [2.75, 3.05) is 5.75 Å². The van der Waals surface area contributed by atoms with Crippen molar-refractivity contribution >= 4 is 75.7 Å². The molecule has 0 saturated heterocycles. The molecule has 1 atom stereocenters. The van der Waals surface area contributed by atoms with Crippen LogP contribution in [0.1, 0.15) is 10.4 Å². The highest BCUT2D eigenvalue weighted by Crippen LogP contribution is 2.32. The molecule has 100 valence electrons. The molecule has 1 aromatic heterocycles. The van der Waals surface area contributed by atoms with Crippen LogP contribution in [0.3, 0.4) is 0 Å². The molecule has 0 fully saturated rings. The Morgan fingerprint density at radius 3 is 2.47 bits per heavy atom. The molecule has 1 unspecified atom stereocenters. The Kier molecular flexibility index (Phi) is 5.54. The summed E-state index contributed by atoms with van der Waals surface area (Å²) < 4.78 is 14.6. The second-order valence-electron chi connectivity index (χ2n) is 3.58. The number of carbonyl (C=O) groups excluding carboxylic acids is 1. The minimum absolute atomic E-state index is 0.0234.